The normalized spacial score (nSPS) is 22.2. The number of hydrogen-bond acceptors (Lipinski definition) is 3. The van der Waals surface area contributed by atoms with E-state index in [1.165, 1.54) is 11.1 Å². The van der Waals surface area contributed by atoms with Crippen molar-refractivity contribution in [1.82, 2.24) is 0 Å². The maximum absolute atomic E-state index is 9.79. The van der Waals surface area contributed by atoms with Crippen LogP contribution >= 0.6 is 0 Å². The van der Waals surface area contributed by atoms with Crippen molar-refractivity contribution in [2.75, 3.05) is 6.61 Å². The summed E-state index contributed by atoms with van der Waals surface area (Å²) in [7, 11) is -0.500. The van der Waals surface area contributed by atoms with Crippen molar-refractivity contribution in [3.05, 3.63) is 46.4 Å². The van der Waals surface area contributed by atoms with Crippen LogP contribution in [0.2, 0.25) is 0 Å². The molecule has 1 fully saturated rings. The molecule has 0 atom stereocenters. The van der Waals surface area contributed by atoms with Gasteiger partial charge in [-0.25, -0.2) is 0 Å². The molecule has 3 rings (SSSR count). The summed E-state index contributed by atoms with van der Waals surface area (Å²) in [6, 6.07) is 6.23. The molecule has 0 radical (unpaired) electrons. The smallest absolute Gasteiger partial charge is 0.400 e. The van der Waals surface area contributed by atoms with Crippen LogP contribution in [0.15, 0.2) is 29.7 Å². The third kappa shape index (κ3) is 2.56. The second-order valence-corrected chi connectivity index (χ2v) is 6.99. The average molecular weight is 298 g/mol. The first kappa shape index (κ1) is 15.5. The molecule has 0 amide bonds. The van der Waals surface area contributed by atoms with Gasteiger partial charge >= 0.3 is 7.12 Å². The molecular weight excluding hydrogens is 275 g/mol. The summed E-state index contributed by atoms with van der Waals surface area (Å²) in [5.74, 6) is 0. The Balaban J connectivity index is 1.92. The molecule has 4 heteroatoms. The predicted molar refractivity (Wildman–Crippen MR) is 90.3 cm³/mol. The number of benzene rings is 1. The summed E-state index contributed by atoms with van der Waals surface area (Å²) < 4.78 is 12.1. The van der Waals surface area contributed by atoms with Crippen molar-refractivity contribution in [3.8, 4) is 0 Å². The molecule has 1 heterocycles. The molecular formula is C18H23BO3. The van der Waals surface area contributed by atoms with Crippen molar-refractivity contribution in [1.29, 1.82) is 0 Å². The number of fused-ring (bicyclic) bond motifs is 1. The summed E-state index contributed by atoms with van der Waals surface area (Å²) in [5, 5.41) is 9.79. The molecule has 1 saturated heterocycles. The van der Waals surface area contributed by atoms with Gasteiger partial charge in [-0.2, -0.15) is 0 Å². The van der Waals surface area contributed by atoms with Crippen LogP contribution in [0.25, 0.3) is 12.2 Å². The van der Waals surface area contributed by atoms with Crippen molar-refractivity contribution in [2.24, 2.45) is 0 Å². The Morgan fingerprint density at radius 3 is 2.55 bits per heavy atom. The average Bonchev–Trinajstić information content (AvgIpc) is 2.99. The molecule has 116 valence electrons. The van der Waals surface area contributed by atoms with E-state index >= 15 is 0 Å². The number of hydrogen-bond donors (Lipinski definition) is 1. The van der Waals surface area contributed by atoms with Gasteiger partial charge < -0.3 is 14.4 Å². The highest BCUT2D eigenvalue weighted by Crippen LogP contribution is 2.39. The molecule has 1 aromatic carbocycles. The minimum absolute atomic E-state index is 0.0755. The first-order valence-electron chi connectivity index (χ1n) is 7.79. The Hall–Kier alpha value is -1.36. The Labute approximate surface area is 132 Å². The van der Waals surface area contributed by atoms with Gasteiger partial charge in [-0.3, -0.25) is 0 Å². The fraction of sp³-hybridized carbons (Fsp3) is 0.444. The number of aliphatic hydroxyl groups excluding tert-OH is 1. The van der Waals surface area contributed by atoms with Gasteiger partial charge in [-0.1, -0.05) is 36.4 Å². The van der Waals surface area contributed by atoms with Gasteiger partial charge in [-0.15, -0.1) is 0 Å². The van der Waals surface area contributed by atoms with Crippen LogP contribution < -0.4 is 0 Å². The van der Waals surface area contributed by atoms with Crippen LogP contribution in [-0.4, -0.2) is 30.0 Å². The van der Waals surface area contributed by atoms with Crippen LogP contribution in [0.3, 0.4) is 0 Å². The summed E-state index contributed by atoms with van der Waals surface area (Å²) >= 11 is 0. The SMILES string of the molecule is CC1(C)OB(C(=Cc2cccc3c2CC=C3)CO)OC1(C)C. The third-order valence-corrected chi connectivity index (χ3v) is 4.95. The van der Waals surface area contributed by atoms with Crippen LogP contribution in [-0.2, 0) is 15.7 Å². The summed E-state index contributed by atoms with van der Waals surface area (Å²) in [4.78, 5) is 0. The van der Waals surface area contributed by atoms with E-state index in [4.69, 9.17) is 9.31 Å². The zero-order chi connectivity index (χ0) is 16.0. The minimum atomic E-state index is -0.500. The molecule has 0 saturated carbocycles. The van der Waals surface area contributed by atoms with Crippen molar-refractivity contribution in [3.63, 3.8) is 0 Å². The summed E-state index contributed by atoms with van der Waals surface area (Å²) in [6.07, 6.45) is 7.24. The lowest BCUT2D eigenvalue weighted by atomic mass is 9.77. The monoisotopic (exact) mass is 298 g/mol. The molecule has 2 aliphatic rings. The molecule has 1 aliphatic heterocycles. The van der Waals surface area contributed by atoms with Crippen molar-refractivity contribution >= 4 is 19.3 Å². The fourth-order valence-electron chi connectivity index (χ4n) is 2.84. The van der Waals surface area contributed by atoms with E-state index in [1.54, 1.807) is 0 Å². The van der Waals surface area contributed by atoms with E-state index in [1.807, 2.05) is 39.8 Å². The topological polar surface area (TPSA) is 38.7 Å². The highest BCUT2D eigenvalue weighted by Gasteiger charge is 2.52. The lowest BCUT2D eigenvalue weighted by molar-refractivity contribution is 0.00578. The molecule has 0 spiro atoms. The largest absolute Gasteiger partial charge is 0.492 e. The Morgan fingerprint density at radius 1 is 1.23 bits per heavy atom. The Bertz CT molecular complexity index is 628. The van der Waals surface area contributed by atoms with E-state index in [0.29, 0.717) is 0 Å². The van der Waals surface area contributed by atoms with E-state index in [2.05, 4.69) is 24.3 Å². The lowest BCUT2D eigenvalue weighted by Crippen LogP contribution is -2.41. The van der Waals surface area contributed by atoms with Crippen molar-refractivity contribution in [2.45, 2.75) is 45.3 Å². The highest BCUT2D eigenvalue weighted by molar-refractivity contribution is 6.55. The number of aliphatic hydroxyl groups is 1. The lowest BCUT2D eigenvalue weighted by Gasteiger charge is -2.32. The zero-order valence-corrected chi connectivity index (χ0v) is 13.7. The summed E-state index contributed by atoms with van der Waals surface area (Å²) in [5.41, 5.74) is 3.64. The van der Waals surface area contributed by atoms with E-state index in [-0.39, 0.29) is 6.61 Å². The standard InChI is InChI=1S/C18H23BO3/c1-17(2)18(3,4)22-19(21-17)15(12-20)11-14-9-5-7-13-8-6-10-16(13)14/h5-9,11,20H,10,12H2,1-4H3. The van der Waals surface area contributed by atoms with Gasteiger partial charge in [0.25, 0.3) is 0 Å². The maximum Gasteiger partial charge on any atom is 0.492 e. The molecule has 1 aliphatic carbocycles. The Morgan fingerprint density at radius 2 is 1.91 bits per heavy atom. The van der Waals surface area contributed by atoms with Gasteiger partial charge in [0.15, 0.2) is 0 Å². The Kier molecular flexibility index (Phi) is 3.80. The van der Waals surface area contributed by atoms with E-state index in [9.17, 15) is 5.11 Å². The van der Waals surface area contributed by atoms with Gasteiger partial charge in [0.05, 0.1) is 17.8 Å². The van der Waals surface area contributed by atoms with Gasteiger partial charge in [0.2, 0.25) is 0 Å². The second kappa shape index (κ2) is 5.37. The highest BCUT2D eigenvalue weighted by atomic mass is 16.7. The molecule has 0 unspecified atom stereocenters. The van der Waals surface area contributed by atoms with E-state index in [0.717, 1.165) is 17.5 Å². The molecule has 1 N–H and O–H groups in total. The van der Waals surface area contributed by atoms with Crippen LogP contribution in [0.5, 0.6) is 0 Å². The zero-order valence-electron chi connectivity index (χ0n) is 13.7. The molecule has 0 bridgehead atoms. The van der Waals surface area contributed by atoms with Crippen LogP contribution in [0.1, 0.15) is 44.4 Å². The van der Waals surface area contributed by atoms with Gasteiger partial charge in [0, 0.05) is 0 Å². The maximum atomic E-state index is 9.79. The summed E-state index contributed by atoms with van der Waals surface area (Å²) in [6.45, 7) is 8.00. The fourth-order valence-corrected chi connectivity index (χ4v) is 2.84. The third-order valence-electron chi connectivity index (χ3n) is 4.95. The van der Waals surface area contributed by atoms with Crippen LogP contribution in [0.4, 0.5) is 0 Å². The van der Waals surface area contributed by atoms with E-state index < -0.39 is 18.3 Å². The number of allylic oxidation sites excluding steroid dienone is 1. The quantitative estimate of drug-likeness (QED) is 0.871. The second-order valence-electron chi connectivity index (χ2n) is 6.99. The first-order chi connectivity index (χ1) is 10.3. The minimum Gasteiger partial charge on any atom is -0.400 e. The molecule has 0 aromatic heterocycles. The first-order valence-corrected chi connectivity index (χ1v) is 7.79. The molecule has 22 heavy (non-hydrogen) atoms. The molecule has 3 nitrogen and oxygen atoms in total. The van der Waals surface area contributed by atoms with Gasteiger partial charge in [0.1, 0.15) is 0 Å². The number of rotatable bonds is 3. The van der Waals surface area contributed by atoms with Crippen LogP contribution in [0, 0.1) is 0 Å². The predicted octanol–water partition coefficient (Wildman–Crippen LogP) is 3.26. The van der Waals surface area contributed by atoms with Gasteiger partial charge in [-0.05, 0) is 56.3 Å². The van der Waals surface area contributed by atoms with Crippen molar-refractivity contribution < 1.29 is 14.4 Å². The molecule has 1 aromatic rings.